The van der Waals surface area contributed by atoms with Gasteiger partial charge in [0.15, 0.2) is 5.03 Å². The first kappa shape index (κ1) is 12.4. The molecule has 0 aliphatic heterocycles. The van der Waals surface area contributed by atoms with Crippen LogP contribution in [0, 0.1) is 5.82 Å². The molecule has 0 radical (unpaired) electrons. The number of imidazole rings is 1. The summed E-state index contributed by atoms with van der Waals surface area (Å²) >= 11 is 0. The molecule has 0 saturated carbocycles. The number of nitrogens with two attached hydrogens (primary N) is 1. The largest absolute Gasteiger partial charge is 0.399 e. The van der Waals surface area contributed by atoms with Crippen molar-refractivity contribution in [2.45, 2.75) is 5.03 Å². The lowest BCUT2D eigenvalue weighted by Gasteiger charge is -2.07. The summed E-state index contributed by atoms with van der Waals surface area (Å²) in [5.41, 5.74) is 5.52. The number of aromatic nitrogens is 2. The Bertz CT molecular complexity index is 681. The van der Waals surface area contributed by atoms with Crippen molar-refractivity contribution in [2.75, 3.05) is 10.5 Å². The normalized spacial score (nSPS) is 11.4. The average molecular weight is 270 g/mol. The van der Waals surface area contributed by atoms with E-state index >= 15 is 0 Å². The van der Waals surface area contributed by atoms with Crippen LogP contribution in [-0.4, -0.2) is 18.0 Å². The van der Waals surface area contributed by atoms with Gasteiger partial charge >= 0.3 is 0 Å². The molecule has 0 atom stereocenters. The molecule has 0 fully saturated rings. The first-order valence-corrected chi connectivity index (χ1v) is 6.42. The quantitative estimate of drug-likeness (QED) is 0.812. The number of anilines is 2. The van der Waals surface area contributed by atoms with Gasteiger partial charge in [-0.1, -0.05) is 0 Å². The minimum absolute atomic E-state index is 0.188. The van der Waals surface area contributed by atoms with E-state index in [1.807, 2.05) is 0 Å². The Balaban J connectivity index is 2.36. The molecule has 18 heavy (non-hydrogen) atoms. The molecule has 1 aromatic heterocycles. The summed E-state index contributed by atoms with van der Waals surface area (Å²) in [7, 11) is -2.28. The molecular formula is C10H11FN4O2S. The zero-order chi connectivity index (χ0) is 13.3. The monoisotopic (exact) mass is 270 g/mol. The molecule has 1 aromatic carbocycles. The molecule has 8 heteroatoms. The summed E-state index contributed by atoms with van der Waals surface area (Å²) in [5.74, 6) is -0.705. The van der Waals surface area contributed by atoms with Crippen LogP contribution in [0.4, 0.5) is 15.8 Å². The second-order valence-electron chi connectivity index (χ2n) is 3.72. The van der Waals surface area contributed by atoms with E-state index in [0.717, 1.165) is 6.07 Å². The molecule has 0 saturated heterocycles. The number of benzene rings is 1. The molecule has 2 aromatic rings. The van der Waals surface area contributed by atoms with E-state index in [1.54, 1.807) is 7.05 Å². The van der Waals surface area contributed by atoms with Crippen molar-refractivity contribution >= 4 is 21.4 Å². The molecule has 0 aliphatic rings. The highest BCUT2D eigenvalue weighted by Crippen LogP contribution is 2.20. The third-order valence-corrected chi connectivity index (χ3v) is 3.44. The fraction of sp³-hybridized carbons (Fsp3) is 0.100. The second kappa shape index (κ2) is 4.30. The Labute approximate surface area is 103 Å². The van der Waals surface area contributed by atoms with Gasteiger partial charge in [-0.2, -0.15) is 8.42 Å². The van der Waals surface area contributed by atoms with Crippen LogP contribution in [0.25, 0.3) is 0 Å². The van der Waals surface area contributed by atoms with E-state index in [0.29, 0.717) is 0 Å². The van der Waals surface area contributed by atoms with Gasteiger partial charge in [-0.05, 0) is 18.2 Å². The Kier molecular flexibility index (Phi) is 2.95. The molecule has 0 amide bonds. The van der Waals surface area contributed by atoms with E-state index in [1.165, 1.54) is 29.2 Å². The summed E-state index contributed by atoms with van der Waals surface area (Å²) in [4.78, 5) is 3.69. The van der Waals surface area contributed by atoms with E-state index in [-0.39, 0.29) is 16.4 Å². The van der Waals surface area contributed by atoms with Gasteiger partial charge in [0.25, 0.3) is 10.0 Å². The molecular weight excluding hydrogens is 259 g/mol. The molecule has 0 spiro atoms. The SMILES string of the molecule is Cn1cnc(S(=O)(=O)Nc2cc(N)ccc2F)c1. The highest BCUT2D eigenvalue weighted by atomic mass is 32.2. The van der Waals surface area contributed by atoms with Crippen LogP contribution in [0.5, 0.6) is 0 Å². The van der Waals surface area contributed by atoms with Crippen molar-refractivity contribution in [2.24, 2.45) is 7.05 Å². The molecule has 2 rings (SSSR count). The molecule has 0 bridgehead atoms. The van der Waals surface area contributed by atoms with Gasteiger partial charge in [-0.15, -0.1) is 0 Å². The van der Waals surface area contributed by atoms with Crippen LogP contribution < -0.4 is 10.5 Å². The molecule has 0 aliphatic carbocycles. The fourth-order valence-corrected chi connectivity index (χ4v) is 2.39. The fourth-order valence-electron chi connectivity index (χ4n) is 1.35. The van der Waals surface area contributed by atoms with E-state index in [4.69, 9.17) is 5.73 Å². The first-order chi connectivity index (χ1) is 8.38. The molecule has 1 heterocycles. The average Bonchev–Trinajstić information content (AvgIpc) is 2.71. The minimum Gasteiger partial charge on any atom is -0.399 e. The molecule has 3 N–H and O–H groups in total. The number of rotatable bonds is 3. The number of halogens is 1. The standard InChI is InChI=1S/C10H11FN4O2S/c1-15-5-10(13-6-15)18(16,17)14-9-4-7(12)2-3-8(9)11/h2-6,14H,12H2,1H3. The van der Waals surface area contributed by atoms with Gasteiger partial charge in [0, 0.05) is 18.9 Å². The summed E-state index contributed by atoms with van der Waals surface area (Å²) < 4.78 is 40.8. The highest BCUT2D eigenvalue weighted by Gasteiger charge is 2.18. The summed E-state index contributed by atoms with van der Waals surface area (Å²) in [5, 5.41) is -0.188. The third-order valence-electron chi connectivity index (χ3n) is 2.19. The van der Waals surface area contributed by atoms with Crippen LogP contribution in [0.1, 0.15) is 0 Å². The Morgan fingerprint density at radius 3 is 2.78 bits per heavy atom. The van der Waals surface area contributed by atoms with Crippen molar-refractivity contribution in [1.29, 1.82) is 0 Å². The number of hydrogen-bond donors (Lipinski definition) is 2. The van der Waals surface area contributed by atoms with Gasteiger partial charge < -0.3 is 10.3 Å². The predicted octanol–water partition coefficient (Wildman–Crippen LogP) is 0.942. The van der Waals surface area contributed by atoms with E-state index in [2.05, 4.69) is 9.71 Å². The smallest absolute Gasteiger partial charge is 0.281 e. The van der Waals surface area contributed by atoms with Crippen molar-refractivity contribution in [3.05, 3.63) is 36.5 Å². The Hall–Kier alpha value is -2.09. The molecule has 6 nitrogen and oxygen atoms in total. The number of nitrogen functional groups attached to an aromatic ring is 1. The van der Waals surface area contributed by atoms with Crippen LogP contribution in [0.3, 0.4) is 0 Å². The lowest BCUT2D eigenvalue weighted by molar-refractivity contribution is 0.595. The Morgan fingerprint density at radius 1 is 1.44 bits per heavy atom. The number of sulfonamides is 1. The van der Waals surface area contributed by atoms with Gasteiger partial charge in [0.1, 0.15) is 5.82 Å². The van der Waals surface area contributed by atoms with Gasteiger partial charge in [-0.3, -0.25) is 4.72 Å². The van der Waals surface area contributed by atoms with Gasteiger partial charge in [-0.25, -0.2) is 9.37 Å². The number of nitrogens with one attached hydrogen (secondary N) is 1. The Morgan fingerprint density at radius 2 is 2.17 bits per heavy atom. The highest BCUT2D eigenvalue weighted by molar-refractivity contribution is 7.92. The van der Waals surface area contributed by atoms with E-state index in [9.17, 15) is 12.8 Å². The maximum atomic E-state index is 13.4. The van der Waals surface area contributed by atoms with Gasteiger partial charge in [0.05, 0.1) is 12.0 Å². The summed E-state index contributed by atoms with van der Waals surface area (Å²) in [6.45, 7) is 0. The minimum atomic E-state index is -3.91. The van der Waals surface area contributed by atoms with Crippen molar-refractivity contribution in [3.63, 3.8) is 0 Å². The number of aryl methyl sites for hydroxylation is 1. The van der Waals surface area contributed by atoms with Crippen molar-refractivity contribution in [3.8, 4) is 0 Å². The molecule has 96 valence electrons. The third kappa shape index (κ3) is 2.43. The lowest BCUT2D eigenvalue weighted by atomic mass is 10.3. The second-order valence-corrected chi connectivity index (χ2v) is 5.35. The number of nitrogens with zero attached hydrogens (tertiary/aromatic N) is 2. The number of hydrogen-bond acceptors (Lipinski definition) is 4. The summed E-state index contributed by atoms with van der Waals surface area (Å²) in [6.07, 6.45) is 2.65. The van der Waals surface area contributed by atoms with Gasteiger partial charge in [0.2, 0.25) is 0 Å². The first-order valence-electron chi connectivity index (χ1n) is 4.94. The zero-order valence-corrected chi connectivity index (χ0v) is 10.3. The van der Waals surface area contributed by atoms with Crippen molar-refractivity contribution in [1.82, 2.24) is 9.55 Å². The van der Waals surface area contributed by atoms with Crippen LogP contribution in [0.2, 0.25) is 0 Å². The molecule has 0 unspecified atom stereocenters. The van der Waals surface area contributed by atoms with Crippen LogP contribution >= 0.6 is 0 Å². The maximum absolute atomic E-state index is 13.4. The van der Waals surface area contributed by atoms with E-state index < -0.39 is 15.8 Å². The zero-order valence-electron chi connectivity index (χ0n) is 9.46. The summed E-state index contributed by atoms with van der Waals surface area (Å²) in [6, 6.07) is 3.63. The predicted molar refractivity (Wildman–Crippen MR) is 64.8 cm³/mol. The van der Waals surface area contributed by atoms with Crippen LogP contribution in [0.15, 0.2) is 35.7 Å². The van der Waals surface area contributed by atoms with Crippen LogP contribution in [-0.2, 0) is 17.1 Å². The lowest BCUT2D eigenvalue weighted by Crippen LogP contribution is -2.14. The van der Waals surface area contributed by atoms with Crippen molar-refractivity contribution < 1.29 is 12.8 Å². The maximum Gasteiger partial charge on any atom is 0.281 e. The topological polar surface area (TPSA) is 90.0 Å².